The largest absolute Gasteiger partial charge is 0.489 e. The summed E-state index contributed by atoms with van der Waals surface area (Å²) in [7, 11) is 1.56. The standard InChI is InChI=1S/C26H27ClFN5O5/c1-16-13-33(14-25(35)38-16)7-3-4-24(34)32-22-11-18-21(12-23(22)37-9-8-36-2)29-15-30-26(18)31-17-5-6-20(28)19(27)10-17/h3-6,10-12,15-16H,7-9,13-14H2,1-2H3,(H,32,34)(H,29,30,31)/t16-/m1/s1. The number of morpholine rings is 1. The number of carbonyl (C=O) groups excluding carboxylic acids is 2. The van der Waals surface area contributed by atoms with Crippen LogP contribution >= 0.6 is 11.6 Å². The van der Waals surface area contributed by atoms with Crippen LogP contribution in [0.5, 0.6) is 5.75 Å². The zero-order valence-electron chi connectivity index (χ0n) is 20.9. The van der Waals surface area contributed by atoms with Gasteiger partial charge >= 0.3 is 5.97 Å². The number of nitrogens with one attached hydrogen (secondary N) is 2. The van der Waals surface area contributed by atoms with Crippen LogP contribution in [0.25, 0.3) is 10.9 Å². The van der Waals surface area contributed by atoms with E-state index in [1.54, 1.807) is 25.3 Å². The average Bonchev–Trinajstić information content (AvgIpc) is 2.86. The lowest BCUT2D eigenvalue weighted by molar-refractivity contribution is -0.156. The summed E-state index contributed by atoms with van der Waals surface area (Å²) < 4.78 is 29.6. The number of ether oxygens (including phenoxy) is 3. The fourth-order valence-electron chi connectivity index (χ4n) is 3.88. The zero-order valence-corrected chi connectivity index (χ0v) is 21.6. The van der Waals surface area contributed by atoms with Gasteiger partial charge in [-0.05, 0) is 31.2 Å². The predicted molar refractivity (Wildman–Crippen MR) is 141 cm³/mol. The van der Waals surface area contributed by atoms with E-state index in [9.17, 15) is 14.0 Å². The molecule has 10 nitrogen and oxygen atoms in total. The molecular formula is C26H27ClFN5O5. The number of hydrogen-bond donors (Lipinski definition) is 2. The Morgan fingerprint density at radius 3 is 2.89 bits per heavy atom. The van der Waals surface area contributed by atoms with Crippen molar-refractivity contribution in [2.24, 2.45) is 0 Å². The Morgan fingerprint density at radius 1 is 1.29 bits per heavy atom. The molecule has 12 heteroatoms. The number of anilines is 3. The van der Waals surface area contributed by atoms with Crippen LogP contribution in [0.3, 0.4) is 0 Å². The smallest absolute Gasteiger partial charge is 0.320 e. The van der Waals surface area contributed by atoms with Crippen molar-refractivity contribution in [1.82, 2.24) is 14.9 Å². The van der Waals surface area contributed by atoms with E-state index in [1.807, 2.05) is 11.8 Å². The number of halogens is 2. The Kier molecular flexibility index (Phi) is 9.06. The molecule has 0 saturated carbocycles. The van der Waals surface area contributed by atoms with Crippen molar-refractivity contribution in [2.75, 3.05) is 50.6 Å². The first kappa shape index (κ1) is 27.2. The van der Waals surface area contributed by atoms with Crippen molar-refractivity contribution in [1.29, 1.82) is 0 Å². The summed E-state index contributed by atoms with van der Waals surface area (Å²) in [5, 5.41) is 6.51. The molecular weight excluding hydrogens is 517 g/mol. The van der Waals surface area contributed by atoms with Crippen molar-refractivity contribution in [3.05, 3.63) is 59.7 Å². The third-order valence-electron chi connectivity index (χ3n) is 5.56. The van der Waals surface area contributed by atoms with Crippen molar-refractivity contribution in [3.63, 3.8) is 0 Å². The van der Waals surface area contributed by atoms with Crippen LogP contribution in [0.4, 0.5) is 21.6 Å². The molecule has 1 saturated heterocycles. The molecule has 1 aliphatic rings. The molecule has 1 fully saturated rings. The summed E-state index contributed by atoms with van der Waals surface area (Å²) in [6.07, 6.45) is 4.27. The number of benzene rings is 2. The maximum Gasteiger partial charge on any atom is 0.320 e. The molecule has 2 N–H and O–H groups in total. The molecule has 0 aliphatic carbocycles. The molecule has 3 aromatic rings. The van der Waals surface area contributed by atoms with Gasteiger partial charge in [-0.2, -0.15) is 0 Å². The maximum absolute atomic E-state index is 13.6. The van der Waals surface area contributed by atoms with E-state index in [4.69, 9.17) is 25.8 Å². The molecule has 1 amide bonds. The van der Waals surface area contributed by atoms with Gasteiger partial charge in [0.1, 0.15) is 36.4 Å². The number of fused-ring (bicyclic) bond motifs is 1. The van der Waals surface area contributed by atoms with Crippen molar-refractivity contribution >= 4 is 51.6 Å². The SMILES string of the molecule is COCCOc1cc2ncnc(Nc3ccc(F)c(Cl)c3)c2cc1NC(=O)C=CCN1CC(=O)O[C@H](C)C1. The molecule has 0 radical (unpaired) electrons. The van der Waals surface area contributed by atoms with Gasteiger partial charge in [0.15, 0.2) is 0 Å². The van der Waals surface area contributed by atoms with E-state index in [0.717, 1.165) is 0 Å². The van der Waals surface area contributed by atoms with E-state index in [0.29, 0.717) is 53.5 Å². The second-order valence-corrected chi connectivity index (χ2v) is 8.98. The van der Waals surface area contributed by atoms with Gasteiger partial charge in [0.2, 0.25) is 5.91 Å². The second kappa shape index (κ2) is 12.6. The van der Waals surface area contributed by atoms with Gasteiger partial charge in [0.25, 0.3) is 0 Å². The molecule has 1 aromatic heterocycles. The highest BCUT2D eigenvalue weighted by molar-refractivity contribution is 6.31. The van der Waals surface area contributed by atoms with Gasteiger partial charge in [-0.25, -0.2) is 14.4 Å². The quantitative estimate of drug-likeness (QED) is 0.223. The number of carbonyl (C=O) groups is 2. The van der Waals surface area contributed by atoms with E-state index >= 15 is 0 Å². The average molecular weight is 544 g/mol. The molecule has 200 valence electrons. The summed E-state index contributed by atoms with van der Waals surface area (Å²) in [6.45, 7) is 3.62. The number of rotatable bonds is 10. The Balaban J connectivity index is 1.56. The molecule has 0 unspecified atom stereocenters. The lowest BCUT2D eigenvalue weighted by Crippen LogP contribution is -2.44. The lowest BCUT2D eigenvalue weighted by Gasteiger charge is -2.29. The van der Waals surface area contributed by atoms with Crippen LogP contribution in [0.2, 0.25) is 5.02 Å². The summed E-state index contributed by atoms with van der Waals surface area (Å²) >= 11 is 5.91. The number of nitrogens with zero attached hydrogens (tertiary/aromatic N) is 3. The van der Waals surface area contributed by atoms with Crippen LogP contribution in [-0.4, -0.2) is 72.8 Å². The van der Waals surface area contributed by atoms with Crippen LogP contribution in [-0.2, 0) is 19.1 Å². The first-order chi connectivity index (χ1) is 18.3. The normalized spacial score (nSPS) is 16.0. The molecule has 1 aliphatic heterocycles. The highest BCUT2D eigenvalue weighted by atomic mass is 35.5. The van der Waals surface area contributed by atoms with Gasteiger partial charge in [0.05, 0.1) is 29.4 Å². The number of aromatic nitrogens is 2. The number of hydrogen-bond acceptors (Lipinski definition) is 9. The number of esters is 1. The topological polar surface area (TPSA) is 115 Å². The van der Waals surface area contributed by atoms with Crippen LogP contribution in [0.1, 0.15) is 6.92 Å². The van der Waals surface area contributed by atoms with Crippen molar-refractivity contribution in [2.45, 2.75) is 13.0 Å². The minimum atomic E-state index is -0.532. The van der Waals surface area contributed by atoms with Crippen molar-refractivity contribution < 1.29 is 28.2 Å². The van der Waals surface area contributed by atoms with Gasteiger partial charge in [-0.3, -0.25) is 14.5 Å². The number of cyclic esters (lactones) is 1. The summed E-state index contributed by atoms with van der Waals surface area (Å²) in [5.41, 5.74) is 1.48. The van der Waals surface area contributed by atoms with Crippen LogP contribution in [0, 0.1) is 5.82 Å². The van der Waals surface area contributed by atoms with Crippen LogP contribution in [0.15, 0.2) is 48.8 Å². The Morgan fingerprint density at radius 2 is 2.13 bits per heavy atom. The summed E-state index contributed by atoms with van der Waals surface area (Å²) in [4.78, 5) is 34.9. The number of amides is 1. The highest BCUT2D eigenvalue weighted by Crippen LogP contribution is 2.34. The molecule has 4 rings (SSSR count). The van der Waals surface area contributed by atoms with Gasteiger partial charge in [0, 0.05) is 43.4 Å². The zero-order chi connectivity index (χ0) is 27.1. The van der Waals surface area contributed by atoms with E-state index in [-0.39, 0.29) is 36.2 Å². The first-order valence-corrected chi connectivity index (χ1v) is 12.2. The van der Waals surface area contributed by atoms with Gasteiger partial charge in [-0.1, -0.05) is 17.7 Å². The molecule has 2 heterocycles. The summed E-state index contributed by atoms with van der Waals surface area (Å²) in [6, 6.07) is 7.62. The minimum Gasteiger partial charge on any atom is -0.489 e. The van der Waals surface area contributed by atoms with Gasteiger partial charge < -0.3 is 24.8 Å². The highest BCUT2D eigenvalue weighted by Gasteiger charge is 2.22. The minimum absolute atomic E-state index is 0.0298. The first-order valence-electron chi connectivity index (χ1n) is 11.8. The Labute approximate surface area is 223 Å². The van der Waals surface area contributed by atoms with Crippen molar-refractivity contribution in [3.8, 4) is 5.75 Å². The molecule has 1 atom stereocenters. The number of methoxy groups -OCH3 is 1. The fourth-order valence-corrected chi connectivity index (χ4v) is 4.06. The third-order valence-corrected chi connectivity index (χ3v) is 5.85. The Bertz CT molecular complexity index is 1360. The van der Waals surface area contributed by atoms with E-state index < -0.39 is 5.82 Å². The lowest BCUT2D eigenvalue weighted by atomic mass is 10.1. The maximum atomic E-state index is 13.6. The molecule has 38 heavy (non-hydrogen) atoms. The molecule has 0 bridgehead atoms. The molecule has 0 spiro atoms. The van der Waals surface area contributed by atoms with Gasteiger partial charge in [-0.15, -0.1) is 0 Å². The summed E-state index contributed by atoms with van der Waals surface area (Å²) in [5.74, 6) is -0.373. The predicted octanol–water partition coefficient (Wildman–Crippen LogP) is 3.93. The molecule has 2 aromatic carbocycles. The third kappa shape index (κ3) is 7.15. The fraction of sp³-hybridized carbons (Fsp3) is 0.308. The monoisotopic (exact) mass is 543 g/mol. The van der Waals surface area contributed by atoms with E-state index in [2.05, 4.69) is 20.6 Å². The van der Waals surface area contributed by atoms with E-state index in [1.165, 1.54) is 30.6 Å². The van der Waals surface area contributed by atoms with Crippen LogP contribution < -0.4 is 15.4 Å². The second-order valence-electron chi connectivity index (χ2n) is 8.57. The Hall–Kier alpha value is -3.80.